The van der Waals surface area contributed by atoms with Crippen molar-refractivity contribution in [1.29, 1.82) is 0 Å². The third kappa shape index (κ3) is 4.52. The number of nitrogens with zero attached hydrogens (tertiary/aromatic N) is 5. The fourth-order valence-electron chi connectivity index (χ4n) is 4.01. The van der Waals surface area contributed by atoms with Crippen LogP contribution < -0.4 is 5.32 Å². The van der Waals surface area contributed by atoms with E-state index in [2.05, 4.69) is 15.5 Å². The van der Waals surface area contributed by atoms with Gasteiger partial charge in [-0.2, -0.15) is 10.2 Å². The molecule has 0 aliphatic carbocycles. The number of aryl methyl sites for hydroxylation is 2. The summed E-state index contributed by atoms with van der Waals surface area (Å²) in [4.78, 5) is 27.4. The normalized spacial score (nSPS) is 14.6. The first-order chi connectivity index (χ1) is 14.9. The van der Waals surface area contributed by atoms with Gasteiger partial charge in [0.05, 0.1) is 23.3 Å². The topological polar surface area (TPSA) is 85.0 Å². The summed E-state index contributed by atoms with van der Waals surface area (Å²) in [5.74, 6) is 0.309. The van der Waals surface area contributed by atoms with Gasteiger partial charge in [-0.05, 0) is 56.4 Å². The van der Waals surface area contributed by atoms with Crippen LogP contribution in [0.2, 0.25) is 0 Å². The summed E-state index contributed by atoms with van der Waals surface area (Å²) in [5, 5.41) is 11.4. The van der Waals surface area contributed by atoms with E-state index in [9.17, 15) is 9.59 Å². The van der Waals surface area contributed by atoms with E-state index in [0.29, 0.717) is 25.1 Å². The van der Waals surface area contributed by atoms with E-state index < -0.39 is 0 Å². The summed E-state index contributed by atoms with van der Waals surface area (Å²) < 4.78 is 3.52. The highest BCUT2D eigenvalue weighted by Crippen LogP contribution is 2.24. The van der Waals surface area contributed by atoms with E-state index in [1.165, 1.54) is 0 Å². The van der Waals surface area contributed by atoms with Crippen LogP contribution in [-0.2, 0) is 11.8 Å². The molecule has 0 spiro atoms. The number of rotatable bonds is 5. The Balaban J connectivity index is 1.33. The number of piperidine rings is 1. The lowest BCUT2D eigenvalue weighted by Crippen LogP contribution is -2.39. The number of aromatic nitrogens is 4. The first-order valence-electron chi connectivity index (χ1n) is 10.6. The molecule has 0 atom stereocenters. The lowest BCUT2D eigenvalue weighted by molar-refractivity contribution is -0.117. The van der Waals surface area contributed by atoms with Crippen molar-refractivity contribution in [2.75, 3.05) is 18.4 Å². The molecule has 0 bridgehead atoms. The van der Waals surface area contributed by atoms with Gasteiger partial charge in [-0.3, -0.25) is 14.3 Å². The van der Waals surface area contributed by atoms with Gasteiger partial charge in [-0.15, -0.1) is 0 Å². The fraction of sp³-hybridized carbons (Fsp3) is 0.391. The first-order valence-corrected chi connectivity index (χ1v) is 10.6. The minimum absolute atomic E-state index is 0.00303. The highest BCUT2D eigenvalue weighted by atomic mass is 16.2. The number of benzene rings is 1. The average Bonchev–Trinajstić information content (AvgIpc) is 3.40. The van der Waals surface area contributed by atoms with Crippen molar-refractivity contribution < 1.29 is 9.59 Å². The lowest BCUT2D eigenvalue weighted by atomic mass is 9.92. The number of likely N-dealkylation sites (tertiary alicyclic amines) is 1. The number of nitrogens with one attached hydrogen (secondary N) is 1. The van der Waals surface area contributed by atoms with Crippen LogP contribution >= 0.6 is 0 Å². The lowest BCUT2D eigenvalue weighted by Gasteiger charge is -2.32. The maximum atomic E-state index is 13.1. The largest absolute Gasteiger partial charge is 0.339 e. The third-order valence-electron chi connectivity index (χ3n) is 6.09. The summed E-state index contributed by atoms with van der Waals surface area (Å²) in [6.45, 7) is 5.26. The van der Waals surface area contributed by atoms with Crippen molar-refractivity contribution in [2.45, 2.75) is 33.1 Å². The molecule has 8 heteroatoms. The molecule has 1 aliphatic heterocycles. The maximum absolute atomic E-state index is 13.1. The Kier molecular flexibility index (Phi) is 5.88. The highest BCUT2D eigenvalue weighted by molar-refractivity contribution is 5.95. The molecule has 2 aromatic heterocycles. The van der Waals surface area contributed by atoms with Gasteiger partial charge in [-0.25, -0.2) is 4.68 Å². The summed E-state index contributed by atoms with van der Waals surface area (Å²) >= 11 is 0. The van der Waals surface area contributed by atoms with Gasteiger partial charge in [0.2, 0.25) is 5.91 Å². The molecule has 0 radical (unpaired) electrons. The Morgan fingerprint density at radius 1 is 1.16 bits per heavy atom. The molecule has 0 saturated carbocycles. The SMILES string of the molecule is Cc1ccc(C(=O)N2CCC(CC(=O)Nc3cnn(C)c3C)CC2)cc1-n1cccn1. The first kappa shape index (κ1) is 20.8. The Morgan fingerprint density at radius 3 is 2.58 bits per heavy atom. The van der Waals surface area contributed by atoms with Gasteiger partial charge >= 0.3 is 0 Å². The molecule has 4 rings (SSSR count). The second-order valence-electron chi connectivity index (χ2n) is 8.21. The van der Waals surface area contributed by atoms with Crippen LogP contribution in [0.15, 0.2) is 42.9 Å². The summed E-state index contributed by atoms with van der Waals surface area (Å²) in [7, 11) is 1.85. The molecule has 1 N–H and O–H groups in total. The Labute approximate surface area is 181 Å². The van der Waals surface area contributed by atoms with Crippen molar-refractivity contribution in [3.05, 3.63) is 59.7 Å². The second kappa shape index (κ2) is 8.75. The molecule has 8 nitrogen and oxygen atoms in total. The molecule has 1 aliphatic rings. The quantitative estimate of drug-likeness (QED) is 0.687. The van der Waals surface area contributed by atoms with Gasteiger partial charge in [0.15, 0.2) is 0 Å². The van der Waals surface area contributed by atoms with Crippen molar-refractivity contribution in [2.24, 2.45) is 13.0 Å². The summed E-state index contributed by atoms with van der Waals surface area (Å²) in [5.41, 5.74) is 4.33. The van der Waals surface area contributed by atoms with Gasteiger partial charge in [0.1, 0.15) is 0 Å². The van der Waals surface area contributed by atoms with E-state index >= 15 is 0 Å². The number of hydrogen-bond donors (Lipinski definition) is 1. The molecule has 31 heavy (non-hydrogen) atoms. The van der Waals surface area contributed by atoms with Crippen LogP contribution in [-0.4, -0.2) is 49.4 Å². The number of carbonyl (C=O) groups is 2. The smallest absolute Gasteiger partial charge is 0.253 e. The molecular formula is C23H28N6O2. The monoisotopic (exact) mass is 420 g/mol. The Bertz CT molecular complexity index is 1080. The standard InChI is InChI=1S/C23H28N6O2/c1-16-5-6-19(14-21(16)29-10-4-9-24-29)23(31)28-11-7-18(8-12-28)13-22(30)26-20-15-25-27(3)17(20)2/h4-6,9-10,14-15,18H,7-8,11-13H2,1-3H3,(H,26,30). The van der Waals surface area contributed by atoms with Crippen LogP contribution in [0, 0.1) is 19.8 Å². The molecule has 162 valence electrons. The van der Waals surface area contributed by atoms with Gasteiger partial charge in [0.25, 0.3) is 5.91 Å². The molecular weight excluding hydrogens is 392 g/mol. The zero-order valence-electron chi connectivity index (χ0n) is 18.2. The number of anilines is 1. The molecule has 1 saturated heterocycles. The molecule has 3 heterocycles. The van der Waals surface area contributed by atoms with E-state index in [1.807, 2.05) is 56.3 Å². The van der Waals surface area contributed by atoms with Gasteiger partial charge in [-0.1, -0.05) is 6.07 Å². The van der Waals surface area contributed by atoms with E-state index in [1.54, 1.807) is 21.8 Å². The molecule has 1 aromatic carbocycles. The molecule has 1 fully saturated rings. The van der Waals surface area contributed by atoms with E-state index in [4.69, 9.17) is 0 Å². The predicted octanol–water partition coefficient (Wildman–Crippen LogP) is 3.10. The summed E-state index contributed by atoms with van der Waals surface area (Å²) in [6, 6.07) is 7.60. The van der Waals surface area contributed by atoms with Crippen LogP contribution in [0.1, 0.15) is 40.9 Å². The van der Waals surface area contributed by atoms with Crippen molar-refractivity contribution in [3.63, 3.8) is 0 Å². The molecule has 2 amide bonds. The Morgan fingerprint density at radius 2 is 1.94 bits per heavy atom. The minimum atomic E-state index is 0.00303. The number of hydrogen-bond acceptors (Lipinski definition) is 4. The van der Waals surface area contributed by atoms with Crippen LogP contribution in [0.3, 0.4) is 0 Å². The maximum Gasteiger partial charge on any atom is 0.253 e. The van der Waals surface area contributed by atoms with Crippen molar-refractivity contribution in [3.8, 4) is 5.69 Å². The van der Waals surface area contributed by atoms with Crippen LogP contribution in [0.5, 0.6) is 0 Å². The van der Waals surface area contributed by atoms with Crippen LogP contribution in [0.25, 0.3) is 5.69 Å². The minimum Gasteiger partial charge on any atom is -0.339 e. The van der Waals surface area contributed by atoms with E-state index in [-0.39, 0.29) is 17.7 Å². The zero-order chi connectivity index (χ0) is 22.0. The number of amides is 2. The second-order valence-corrected chi connectivity index (χ2v) is 8.21. The van der Waals surface area contributed by atoms with Crippen molar-refractivity contribution in [1.82, 2.24) is 24.5 Å². The fourth-order valence-corrected chi connectivity index (χ4v) is 4.01. The van der Waals surface area contributed by atoms with Crippen LogP contribution in [0.4, 0.5) is 5.69 Å². The molecule has 0 unspecified atom stereocenters. The highest BCUT2D eigenvalue weighted by Gasteiger charge is 2.26. The number of carbonyl (C=O) groups excluding carboxylic acids is 2. The van der Waals surface area contributed by atoms with E-state index in [0.717, 1.165) is 35.5 Å². The summed E-state index contributed by atoms with van der Waals surface area (Å²) in [6.07, 6.45) is 7.38. The van der Waals surface area contributed by atoms with Gasteiger partial charge in [0, 0.05) is 44.5 Å². The zero-order valence-corrected chi connectivity index (χ0v) is 18.2. The average molecular weight is 421 g/mol. The van der Waals surface area contributed by atoms with Gasteiger partial charge < -0.3 is 10.2 Å². The Hall–Kier alpha value is -3.42. The molecule has 3 aromatic rings. The third-order valence-corrected chi connectivity index (χ3v) is 6.09. The predicted molar refractivity (Wildman–Crippen MR) is 118 cm³/mol. The van der Waals surface area contributed by atoms with Crippen molar-refractivity contribution >= 4 is 17.5 Å².